The lowest BCUT2D eigenvalue weighted by atomic mass is 10.2. The topological polar surface area (TPSA) is 59.3 Å². The van der Waals surface area contributed by atoms with Gasteiger partial charge in [-0.3, -0.25) is 4.68 Å². The molecule has 1 unspecified atom stereocenters. The maximum atomic E-state index is 9.91. The van der Waals surface area contributed by atoms with E-state index in [9.17, 15) is 5.11 Å². The first-order valence-electron chi connectivity index (χ1n) is 6.81. The lowest BCUT2D eigenvalue weighted by molar-refractivity contribution is 0.105. The highest BCUT2D eigenvalue weighted by Gasteiger charge is 2.07. The smallest absolute Gasteiger partial charge is 0.133 e. The maximum Gasteiger partial charge on any atom is 0.133 e. The Labute approximate surface area is 133 Å². The average molecular weight is 354 g/mol. The van der Waals surface area contributed by atoms with Crippen molar-refractivity contribution in [2.24, 2.45) is 7.05 Å². The molecule has 1 heterocycles. The van der Waals surface area contributed by atoms with Crippen molar-refractivity contribution in [3.63, 3.8) is 0 Å². The van der Waals surface area contributed by atoms with E-state index in [1.807, 2.05) is 44.4 Å². The number of aliphatic hydroxyl groups excluding tert-OH is 1. The first-order valence-corrected chi connectivity index (χ1v) is 7.60. The molecule has 0 radical (unpaired) electrons. The van der Waals surface area contributed by atoms with Crippen molar-refractivity contribution in [1.29, 1.82) is 0 Å². The second-order valence-corrected chi connectivity index (χ2v) is 5.86. The minimum Gasteiger partial charge on any atom is -0.490 e. The van der Waals surface area contributed by atoms with Crippen LogP contribution in [-0.2, 0) is 13.6 Å². The highest BCUT2D eigenvalue weighted by atomic mass is 79.9. The van der Waals surface area contributed by atoms with Crippen molar-refractivity contribution < 1.29 is 9.84 Å². The van der Waals surface area contributed by atoms with Gasteiger partial charge >= 0.3 is 0 Å². The van der Waals surface area contributed by atoms with E-state index in [0.29, 0.717) is 13.1 Å². The zero-order valence-electron chi connectivity index (χ0n) is 12.2. The molecule has 0 amide bonds. The van der Waals surface area contributed by atoms with E-state index in [0.717, 1.165) is 21.5 Å². The summed E-state index contributed by atoms with van der Waals surface area (Å²) in [6.45, 7) is 3.36. The molecule has 21 heavy (non-hydrogen) atoms. The van der Waals surface area contributed by atoms with E-state index in [1.165, 1.54) is 0 Å². The molecular weight excluding hydrogens is 334 g/mol. The van der Waals surface area contributed by atoms with Crippen LogP contribution in [0.2, 0.25) is 0 Å². The van der Waals surface area contributed by atoms with E-state index in [4.69, 9.17) is 4.74 Å². The van der Waals surface area contributed by atoms with Crippen molar-refractivity contribution in [1.82, 2.24) is 15.1 Å². The first kappa shape index (κ1) is 16.0. The van der Waals surface area contributed by atoms with Crippen molar-refractivity contribution in [3.8, 4) is 5.75 Å². The number of hydrogen-bond donors (Lipinski definition) is 2. The number of aryl methyl sites for hydroxylation is 2. The highest BCUT2D eigenvalue weighted by Crippen LogP contribution is 2.25. The number of aromatic nitrogens is 2. The summed E-state index contributed by atoms with van der Waals surface area (Å²) in [7, 11) is 1.88. The summed E-state index contributed by atoms with van der Waals surface area (Å²) in [5, 5.41) is 17.3. The molecule has 2 rings (SSSR count). The summed E-state index contributed by atoms with van der Waals surface area (Å²) in [5.41, 5.74) is 2.11. The van der Waals surface area contributed by atoms with Gasteiger partial charge in [-0.15, -0.1) is 0 Å². The van der Waals surface area contributed by atoms with Crippen LogP contribution in [0.15, 0.2) is 34.9 Å². The van der Waals surface area contributed by atoms with Crippen molar-refractivity contribution in [2.45, 2.75) is 19.6 Å². The third kappa shape index (κ3) is 5.15. The summed E-state index contributed by atoms with van der Waals surface area (Å²) in [6, 6.07) is 7.81. The van der Waals surface area contributed by atoms with Gasteiger partial charge < -0.3 is 15.2 Å². The zero-order chi connectivity index (χ0) is 15.2. The molecule has 2 aromatic rings. The van der Waals surface area contributed by atoms with Gasteiger partial charge in [0.05, 0.1) is 10.2 Å². The molecule has 114 valence electrons. The lowest BCUT2D eigenvalue weighted by Gasteiger charge is -2.14. The SMILES string of the molecule is Cc1ccc(OCC(O)CNCc2ccn(C)n2)c(Br)c1. The lowest BCUT2D eigenvalue weighted by Crippen LogP contribution is -2.31. The van der Waals surface area contributed by atoms with Gasteiger partial charge in [0, 0.05) is 26.3 Å². The highest BCUT2D eigenvalue weighted by molar-refractivity contribution is 9.10. The summed E-state index contributed by atoms with van der Waals surface area (Å²) in [4.78, 5) is 0. The van der Waals surface area contributed by atoms with E-state index < -0.39 is 6.10 Å². The normalized spacial score (nSPS) is 12.4. The zero-order valence-corrected chi connectivity index (χ0v) is 13.8. The van der Waals surface area contributed by atoms with E-state index >= 15 is 0 Å². The molecule has 1 atom stereocenters. The summed E-state index contributed by atoms with van der Waals surface area (Å²) >= 11 is 3.45. The molecular formula is C15H20BrN3O2. The summed E-state index contributed by atoms with van der Waals surface area (Å²) < 4.78 is 8.26. The van der Waals surface area contributed by atoms with Crippen LogP contribution in [0, 0.1) is 6.92 Å². The molecule has 5 nitrogen and oxygen atoms in total. The minimum atomic E-state index is -0.568. The molecule has 0 aliphatic heterocycles. The molecule has 0 spiro atoms. The molecule has 0 fully saturated rings. The number of nitrogens with zero attached hydrogens (tertiary/aromatic N) is 2. The molecule has 6 heteroatoms. The summed E-state index contributed by atoms with van der Waals surface area (Å²) in [6.07, 6.45) is 1.33. The number of halogens is 1. The van der Waals surface area contributed by atoms with Gasteiger partial charge in [0.15, 0.2) is 0 Å². The van der Waals surface area contributed by atoms with Gasteiger partial charge in [0.1, 0.15) is 18.5 Å². The Kier molecular flexibility index (Phi) is 5.78. The van der Waals surface area contributed by atoms with Crippen molar-refractivity contribution in [3.05, 3.63) is 46.2 Å². The second-order valence-electron chi connectivity index (χ2n) is 5.01. The quantitative estimate of drug-likeness (QED) is 0.799. The predicted molar refractivity (Wildman–Crippen MR) is 85.3 cm³/mol. The molecule has 2 N–H and O–H groups in total. The fourth-order valence-corrected chi connectivity index (χ4v) is 2.50. The number of hydrogen-bond acceptors (Lipinski definition) is 4. The van der Waals surface area contributed by atoms with E-state index in [1.54, 1.807) is 4.68 Å². The van der Waals surface area contributed by atoms with Crippen LogP contribution >= 0.6 is 15.9 Å². The number of aliphatic hydroxyl groups is 1. The first-order chi connectivity index (χ1) is 10.0. The van der Waals surface area contributed by atoms with Gasteiger partial charge in [-0.2, -0.15) is 5.10 Å². The van der Waals surface area contributed by atoms with Gasteiger partial charge in [0.2, 0.25) is 0 Å². The van der Waals surface area contributed by atoms with Crippen LogP contribution in [0.1, 0.15) is 11.3 Å². The van der Waals surface area contributed by atoms with Crippen LogP contribution in [0.5, 0.6) is 5.75 Å². The third-order valence-corrected chi connectivity index (χ3v) is 3.59. The minimum absolute atomic E-state index is 0.247. The van der Waals surface area contributed by atoms with Crippen LogP contribution < -0.4 is 10.1 Å². The van der Waals surface area contributed by atoms with Crippen LogP contribution in [0.3, 0.4) is 0 Å². The third-order valence-electron chi connectivity index (χ3n) is 2.97. The Morgan fingerprint density at radius 3 is 2.90 bits per heavy atom. The number of rotatable bonds is 7. The Balaban J connectivity index is 1.70. The summed E-state index contributed by atoms with van der Waals surface area (Å²) in [5.74, 6) is 0.740. The molecule has 0 saturated heterocycles. The standard InChI is InChI=1S/C15H20BrN3O2/c1-11-3-4-15(14(16)7-11)21-10-13(20)9-17-8-12-5-6-19(2)18-12/h3-7,13,17,20H,8-10H2,1-2H3. The van der Waals surface area contributed by atoms with Crippen LogP contribution in [0.4, 0.5) is 0 Å². The monoisotopic (exact) mass is 353 g/mol. The second kappa shape index (κ2) is 7.59. The van der Waals surface area contributed by atoms with Gasteiger partial charge in [-0.1, -0.05) is 6.07 Å². The van der Waals surface area contributed by atoms with Crippen LogP contribution in [-0.4, -0.2) is 34.1 Å². The van der Waals surface area contributed by atoms with E-state index in [-0.39, 0.29) is 6.61 Å². The fraction of sp³-hybridized carbons (Fsp3) is 0.400. The number of benzene rings is 1. The number of nitrogens with one attached hydrogen (secondary N) is 1. The molecule has 1 aromatic heterocycles. The Bertz CT molecular complexity index is 586. The maximum absolute atomic E-state index is 9.91. The van der Waals surface area contributed by atoms with Gasteiger partial charge in [-0.25, -0.2) is 0 Å². The van der Waals surface area contributed by atoms with Crippen molar-refractivity contribution >= 4 is 15.9 Å². The molecule has 0 aliphatic carbocycles. The Hall–Kier alpha value is -1.37. The molecule has 1 aromatic carbocycles. The Morgan fingerprint density at radius 1 is 1.43 bits per heavy atom. The molecule has 0 bridgehead atoms. The number of ether oxygens (including phenoxy) is 1. The predicted octanol–water partition coefficient (Wildman–Crippen LogP) is 2.02. The molecule has 0 aliphatic rings. The fourth-order valence-electron chi connectivity index (χ4n) is 1.89. The van der Waals surface area contributed by atoms with E-state index in [2.05, 4.69) is 26.3 Å². The van der Waals surface area contributed by atoms with Crippen molar-refractivity contribution in [2.75, 3.05) is 13.2 Å². The van der Waals surface area contributed by atoms with Gasteiger partial charge in [-0.05, 0) is 46.6 Å². The van der Waals surface area contributed by atoms with Crippen LogP contribution in [0.25, 0.3) is 0 Å². The molecule has 0 saturated carbocycles. The largest absolute Gasteiger partial charge is 0.490 e. The Morgan fingerprint density at radius 2 is 2.24 bits per heavy atom. The average Bonchev–Trinajstić information content (AvgIpc) is 2.83. The van der Waals surface area contributed by atoms with Gasteiger partial charge in [0.25, 0.3) is 0 Å².